The summed E-state index contributed by atoms with van der Waals surface area (Å²) >= 11 is 0. The predicted octanol–water partition coefficient (Wildman–Crippen LogP) is 3.14. The Bertz CT molecular complexity index is 905. The van der Waals surface area contributed by atoms with E-state index in [1.165, 1.54) is 6.92 Å². The smallest absolute Gasteiger partial charge is 0.255 e. The Morgan fingerprint density at radius 3 is 2.33 bits per heavy atom. The zero-order valence-electron chi connectivity index (χ0n) is 17.3. The number of anilines is 1. The molecule has 0 aliphatic carbocycles. The molecule has 2 N–H and O–H groups in total. The van der Waals surface area contributed by atoms with Gasteiger partial charge in [0.25, 0.3) is 5.91 Å². The number of rotatable bonds is 7. The summed E-state index contributed by atoms with van der Waals surface area (Å²) in [6, 6.07) is 13.7. The molecule has 0 aromatic heterocycles. The number of nitrogens with one attached hydrogen (secondary N) is 2. The number of amides is 3. The minimum Gasteiger partial charge on any atom is -0.497 e. The second kappa shape index (κ2) is 9.91. The highest BCUT2D eigenvalue weighted by molar-refractivity contribution is 6.04. The maximum absolute atomic E-state index is 12.8. The van der Waals surface area contributed by atoms with E-state index in [9.17, 15) is 14.4 Å². The van der Waals surface area contributed by atoms with Crippen LogP contribution >= 0.6 is 0 Å². The van der Waals surface area contributed by atoms with Crippen LogP contribution in [-0.4, -0.2) is 42.8 Å². The van der Waals surface area contributed by atoms with Gasteiger partial charge in [-0.15, -0.1) is 0 Å². The summed E-state index contributed by atoms with van der Waals surface area (Å²) in [5.74, 6) is 0.107. The Morgan fingerprint density at radius 2 is 1.70 bits per heavy atom. The highest BCUT2D eigenvalue weighted by Crippen LogP contribution is 2.23. The van der Waals surface area contributed by atoms with Gasteiger partial charge in [-0.1, -0.05) is 24.3 Å². The van der Waals surface area contributed by atoms with Gasteiger partial charge in [0.2, 0.25) is 11.8 Å². The van der Waals surface area contributed by atoms with E-state index >= 15 is 0 Å². The summed E-state index contributed by atoms with van der Waals surface area (Å²) < 4.78 is 5.17. The molecule has 1 saturated heterocycles. The first-order valence-corrected chi connectivity index (χ1v) is 10.1. The summed E-state index contributed by atoms with van der Waals surface area (Å²) in [6.45, 7) is 2.89. The van der Waals surface area contributed by atoms with Crippen LogP contribution in [0.3, 0.4) is 0 Å². The van der Waals surface area contributed by atoms with Crippen LogP contribution in [0, 0.1) is 0 Å². The van der Waals surface area contributed by atoms with E-state index in [0.717, 1.165) is 31.5 Å². The van der Waals surface area contributed by atoms with Gasteiger partial charge in [0.15, 0.2) is 0 Å². The Kier molecular flexibility index (Phi) is 7.06. The molecule has 1 heterocycles. The van der Waals surface area contributed by atoms with Gasteiger partial charge >= 0.3 is 0 Å². The van der Waals surface area contributed by atoms with Gasteiger partial charge in [0, 0.05) is 20.0 Å². The quantitative estimate of drug-likeness (QED) is 0.735. The lowest BCUT2D eigenvalue weighted by Gasteiger charge is -2.20. The Balaban J connectivity index is 1.73. The summed E-state index contributed by atoms with van der Waals surface area (Å²) in [4.78, 5) is 39.1. The molecule has 0 radical (unpaired) electrons. The maximum atomic E-state index is 12.8. The second-order valence-electron chi connectivity index (χ2n) is 7.32. The summed E-state index contributed by atoms with van der Waals surface area (Å²) in [6.07, 6.45) is 2.04. The molecule has 1 aliphatic heterocycles. The lowest BCUT2D eigenvalue weighted by Crippen LogP contribution is -2.31. The van der Waals surface area contributed by atoms with E-state index in [1.807, 2.05) is 17.0 Å². The van der Waals surface area contributed by atoms with Crippen molar-refractivity contribution >= 4 is 23.4 Å². The number of hydrogen-bond donors (Lipinski definition) is 2. The summed E-state index contributed by atoms with van der Waals surface area (Å²) in [5.41, 5.74) is 1.76. The zero-order chi connectivity index (χ0) is 21.5. The fourth-order valence-corrected chi connectivity index (χ4v) is 3.59. The molecule has 1 aliphatic rings. The molecule has 2 aromatic rings. The molecule has 0 bridgehead atoms. The van der Waals surface area contributed by atoms with Gasteiger partial charge in [-0.05, 0) is 42.7 Å². The van der Waals surface area contributed by atoms with Crippen LogP contribution < -0.4 is 15.4 Å². The van der Waals surface area contributed by atoms with Crippen molar-refractivity contribution in [2.45, 2.75) is 32.2 Å². The molecule has 1 fully saturated rings. The largest absolute Gasteiger partial charge is 0.497 e. The van der Waals surface area contributed by atoms with Crippen molar-refractivity contribution < 1.29 is 19.1 Å². The van der Waals surface area contributed by atoms with E-state index in [4.69, 9.17) is 4.74 Å². The van der Waals surface area contributed by atoms with Gasteiger partial charge in [0.1, 0.15) is 5.75 Å². The number of carbonyl (C=O) groups is 3. The van der Waals surface area contributed by atoms with E-state index < -0.39 is 6.04 Å². The van der Waals surface area contributed by atoms with Gasteiger partial charge in [-0.2, -0.15) is 0 Å². The van der Waals surface area contributed by atoms with Gasteiger partial charge < -0.3 is 20.3 Å². The lowest BCUT2D eigenvalue weighted by atomic mass is 10.0. The molecule has 2 aromatic carbocycles. The third-order valence-electron chi connectivity index (χ3n) is 5.11. The first-order valence-electron chi connectivity index (χ1n) is 10.1. The molecular weight excluding hydrogens is 382 g/mol. The minimum atomic E-state index is -0.491. The number of para-hydroxylation sites is 1. The fraction of sp³-hybridized carbons (Fsp3) is 0.348. The molecular formula is C23H27N3O4. The van der Waals surface area contributed by atoms with Crippen molar-refractivity contribution in [3.63, 3.8) is 0 Å². The van der Waals surface area contributed by atoms with Crippen LogP contribution in [0.25, 0.3) is 0 Å². The zero-order valence-corrected chi connectivity index (χ0v) is 17.3. The van der Waals surface area contributed by atoms with Crippen molar-refractivity contribution in [3.8, 4) is 5.75 Å². The topological polar surface area (TPSA) is 87.7 Å². The summed E-state index contributed by atoms with van der Waals surface area (Å²) in [7, 11) is 1.58. The maximum Gasteiger partial charge on any atom is 0.255 e. The van der Waals surface area contributed by atoms with Crippen molar-refractivity contribution in [2.75, 3.05) is 25.5 Å². The summed E-state index contributed by atoms with van der Waals surface area (Å²) in [5, 5.41) is 5.67. The standard InChI is InChI=1S/C23H27N3O4/c1-16(27)24-21(17-9-11-18(30-2)12-10-17)15-22(28)25-20-8-4-3-7-19(20)23(29)26-13-5-6-14-26/h3-4,7-12,21H,5-6,13-15H2,1-2H3,(H,24,27)(H,25,28)/t21-/m0/s1. The number of carbonyl (C=O) groups excluding carboxylic acids is 3. The molecule has 7 nitrogen and oxygen atoms in total. The molecule has 0 saturated carbocycles. The minimum absolute atomic E-state index is 0.0398. The van der Waals surface area contributed by atoms with Gasteiger partial charge in [-0.3, -0.25) is 14.4 Å². The monoisotopic (exact) mass is 409 g/mol. The average molecular weight is 409 g/mol. The van der Waals surface area contributed by atoms with Crippen LogP contribution in [0.5, 0.6) is 5.75 Å². The molecule has 30 heavy (non-hydrogen) atoms. The number of hydrogen-bond acceptors (Lipinski definition) is 4. The number of nitrogens with zero attached hydrogens (tertiary/aromatic N) is 1. The third kappa shape index (κ3) is 5.37. The molecule has 0 spiro atoms. The van der Waals surface area contributed by atoms with Crippen LogP contribution in [0.4, 0.5) is 5.69 Å². The second-order valence-corrected chi connectivity index (χ2v) is 7.32. The van der Waals surface area contributed by atoms with E-state index in [2.05, 4.69) is 10.6 Å². The molecule has 158 valence electrons. The number of likely N-dealkylation sites (tertiary alicyclic amines) is 1. The van der Waals surface area contributed by atoms with Crippen molar-refractivity contribution in [3.05, 3.63) is 59.7 Å². The highest BCUT2D eigenvalue weighted by atomic mass is 16.5. The Hall–Kier alpha value is -3.35. The molecule has 0 unspecified atom stereocenters. The first kappa shape index (κ1) is 21.4. The van der Waals surface area contributed by atoms with Gasteiger partial charge in [0.05, 0.1) is 30.8 Å². The van der Waals surface area contributed by atoms with E-state index in [-0.39, 0.29) is 24.1 Å². The Morgan fingerprint density at radius 1 is 1.03 bits per heavy atom. The molecule has 7 heteroatoms. The van der Waals surface area contributed by atoms with Crippen molar-refractivity contribution in [1.29, 1.82) is 0 Å². The highest BCUT2D eigenvalue weighted by Gasteiger charge is 2.23. The number of benzene rings is 2. The molecule has 1 atom stereocenters. The first-order chi connectivity index (χ1) is 14.5. The predicted molar refractivity (Wildman–Crippen MR) is 114 cm³/mol. The SMILES string of the molecule is COc1ccc([C@H](CC(=O)Nc2ccccc2C(=O)N2CCCC2)NC(C)=O)cc1. The van der Waals surface area contributed by atoms with Crippen LogP contribution in [0.15, 0.2) is 48.5 Å². The number of ether oxygens (including phenoxy) is 1. The van der Waals surface area contributed by atoms with Crippen molar-refractivity contribution in [2.24, 2.45) is 0 Å². The van der Waals surface area contributed by atoms with Gasteiger partial charge in [-0.25, -0.2) is 0 Å². The fourth-order valence-electron chi connectivity index (χ4n) is 3.59. The van der Waals surface area contributed by atoms with Crippen LogP contribution in [0.2, 0.25) is 0 Å². The van der Waals surface area contributed by atoms with Crippen LogP contribution in [-0.2, 0) is 9.59 Å². The van der Waals surface area contributed by atoms with E-state index in [1.54, 1.807) is 43.5 Å². The lowest BCUT2D eigenvalue weighted by molar-refractivity contribution is -0.120. The molecule has 3 rings (SSSR count). The van der Waals surface area contributed by atoms with E-state index in [0.29, 0.717) is 17.0 Å². The average Bonchev–Trinajstić information content (AvgIpc) is 3.28. The molecule has 3 amide bonds. The van der Waals surface area contributed by atoms with Crippen molar-refractivity contribution in [1.82, 2.24) is 10.2 Å². The third-order valence-corrected chi connectivity index (χ3v) is 5.11. The number of methoxy groups -OCH3 is 1. The Labute approximate surface area is 176 Å². The normalized spacial score (nSPS) is 14.1. The van der Waals surface area contributed by atoms with Crippen LogP contribution in [0.1, 0.15) is 48.1 Å².